The number of methoxy groups -OCH3 is 1. The normalized spacial score (nSPS) is 14.7. The van der Waals surface area contributed by atoms with Crippen molar-refractivity contribution in [2.45, 2.75) is 45.5 Å². The van der Waals surface area contributed by atoms with Gasteiger partial charge in [-0.25, -0.2) is 0 Å². The van der Waals surface area contributed by atoms with Gasteiger partial charge in [0.2, 0.25) is 0 Å². The van der Waals surface area contributed by atoms with Crippen molar-refractivity contribution in [3.8, 4) is 5.75 Å². The summed E-state index contributed by atoms with van der Waals surface area (Å²) in [4.78, 5) is 0. The molecule has 3 heteroatoms. The van der Waals surface area contributed by atoms with Crippen molar-refractivity contribution in [3.63, 3.8) is 0 Å². The molecule has 0 amide bonds. The average molecular weight is 238 g/mol. The Kier molecular flexibility index (Phi) is 5.45. The van der Waals surface area contributed by atoms with Crippen LogP contribution in [-0.2, 0) is 4.74 Å². The second kappa shape index (κ2) is 6.62. The van der Waals surface area contributed by atoms with E-state index >= 15 is 0 Å². The van der Waals surface area contributed by atoms with E-state index < -0.39 is 6.10 Å². The Morgan fingerprint density at radius 3 is 2.41 bits per heavy atom. The Morgan fingerprint density at radius 1 is 1.24 bits per heavy atom. The fraction of sp³-hybridized carbons (Fsp3) is 0.571. The summed E-state index contributed by atoms with van der Waals surface area (Å²) in [7, 11) is 1.61. The van der Waals surface area contributed by atoms with Crippen LogP contribution in [0, 0.1) is 0 Å². The number of para-hydroxylation sites is 1. The van der Waals surface area contributed by atoms with E-state index in [4.69, 9.17) is 9.47 Å². The molecule has 0 radical (unpaired) electrons. The first-order valence-corrected chi connectivity index (χ1v) is 6.06. The second-order valence-electron chi connectivity index (χ2n) is 4.33. The molecule has 0 bridgehead atoms. The molecule has 2 unspecified atom stereocenters. The number of hydrogen-bond donors (Lipinski definition) is 1. The molecule has 1 N–H and O–H groups in total. The zero-order valence-corrected chi connectivity index (χ0v) is 11.0. The van der Waals surface area contributed by atoms with Crippen LogP contribution in [0.5, 0.6) is 5.75 Å². The van der Waals surface area contributed by atoms with Crippen molar-refractivity contribution in [1.82, 2.24) is 0 Å². The molecule has 0 saturated heterocycles. The number of hydrogen-bond acceptors (Lipinski definition) is 3. The van der Waals surface area contributed by atoms with Gasteiger partial charge in [-0.05, 0) is 26.3 Å². The summed E-state index contributed by atoms with van der Waals surface area (Å²) in [6, 6.07) is 7.56. The van der Waals surface area contributed by atoms with Crippen LogP contribution in [0.2, 0.25) is 0 Å². The van der Waals surface area contributed by atoms with Gasteiger partial charge in [0.05, 0.1) is 12.2 Å². The monoisotopic (exact) mass is 238 g/mol. The Labute approximate surface area is 103 Å². The summed E-state index contributed by atoms with van der Waals surface area (Å²) in [6.45, 7) is 5.93. The molecule has 1 aromatic rings. The standard InChI is InChI=1S/C14H22O3/c1-5-12(16-4)14(15)11-8-6-7-9-13(11)17-10(2)3/h6-10,12,14-15H,5H2,1-4H3. The minimum atomic E-state index is -0.653. The summed E-state index contributed by atoms with van der Waals surface area (Å²) in [5.74, 6) is 0.727. The number of aliphatic hydroxyl groups excluding tert-OH is 1. The molecule has 3 nitrogen and oxygen atoms in total. The maximum atomic E-state index is 10.3. The van der Waals surface area contributed by atoms with Crippen molar-refractivity contribution in [1.29, 1.82) is 0 Å². The quantitative estimate of drug-likeness (QED) is 0.828. The first kappa shape index (κ1) is 14.0. The predicted octanol–water partition coefficient (Wildman–Crippen LogP) is 2.93. The van der Waals surface area contributed by atoms with Gasteiger partial charge in [-0.2, -0.15) is 0 Å². The molecule has 0 aliphatic heterocycles. The molecule has 0 heterocycles. The van der Waals surface area contributed by atoms with Gasteiger partial charge < -0.3 is 14.6 Å². The van der Waals surface area contributed by atoms with Gasteiger partial charge in [-0.15, -0.1) is 0 Å². The molecule has 0 aromatic heterocycles. The lowest BCUT2D eigenvalue weighted by molar-refractivity contribution is -0.0163. The topological polar surface area (TPSA) is 38.7 Å². The maximum absolute atomic E-state index is 10.3. The van der Waals surface area contributed by atoms with Crippen molar-refractivity contribution in [2.24, 2.45) is 0 Å². The third-order valence-electron chi connectivity index (χ3n) is 2.66. The SMILES string of the molecule is CCC(OC)C(O)c1ccccc1OC(C)C. The predicted molar refractivity (Wildman–Crippen MR) is 68.3 cm³/mol. The number of benzene rings is 1. The van der Waals surface area contributed by atoms with Crippen LogP contribution >= 0.6 is 0 Å². The van der Waals surface area contributed by atoms with Crippen LogP contribution in [0.25, 0.3) is 0 Å². The average Bonchev–Trinajstić information content (AvgIpc) is 2.30. The van der Waals surface area contributed by atoms with Crippen molar-refractivity contribution < 1.29 is 14.6 Å². The summed E-state index contributed by atoms with van der Waals surface area (Å²) < 4.78 is 11.0. The Bertz CT molecular complexity index is 332. The minimum Gasteiger partial charge on any atom is -0.491 e. The minimum absolute atomic E-state index is 0.0889. The second-order valence-corrected chi connectivity index (χ2v) is 4.33. The first-order chi connectivity index (χ1) is 8.10. The molecule has 2 atom stereocenters. The summed E-state index contributed by atoms with van der Waals surface area (Å²) in [5, 5.41) is 10.3. The molecule has 1 rings (SSSR count). The Morgan fingerprint density at radius 2 is 1.88 bits per heavy atom. The van der Waals surface area contributed by atoms with Crippen molar-refractivity contribution in [3.05, 3.63) is 29.8 Å². The molecule has 96 valence electrons. The highest BCUT2D eigenvalue weighted by atomic mass is 16.5. The molecular formula is C14H22O3. The van der Waals surface area contributed by atoms with Gasteiger partial charge in [0, 0.05) is 12.7 Å². The zero-order valence-electron chi connectivity index (χ0n) is 11.0. The number of ether oxygens (including phenoxy) is 2. The molecule has 17 heavy (non-hydrogen) atoms. The molecule has 0 aliphatic carbocycles. The van der Waals surface area contributed by atoms with E-state index in [9.17, 15) is 5.11 Å². The van der Waals surface area contributed by atoms with Gasteiger partial charge in [0.1, 0.15) is 11.9 Å². The first-order valence-electron chi connectivity index (χ1n) is 6.06. The number of rotatable bonds is 6. The fourth-order valence-electron chi connectivity index (χ4n) is 1.81. The largest absolute Gasteiger partial charge is 0.491 e. The summed E-state index contributed by atoms with van der Waals surface area (Å²) in [6.07, 6.45) is -0.00828. The van der Waals surface area contributed by atoms with E-state index in [-0.39, 0.29) is 12.2 Å². The highest BCUT2D eigenvalue weighted by molar-refractivity contribution is 5.35. The molecule has 0 saturated carbocycles. The molecule has 0 aliphatic rings. The molecular weight excluding hydrogens is 216 g/mol. The smallest absolute Gasteiger partial charge is 0.125 e. The summed E-state index contributed by atoms with van der Waals surface area (Å²) in [5.41, 5.74) is 0.787. The highest BCUT2D eigenvalue weighted by Gasteiger charge is 2.22. The number of aliphatic hydroxyl groups is 1. The van der Waals surface area contributed by atoms with Crippen LogP contribution in [-0.4, -0.2) is 24.4 Å². The van der Waals surface area contributed by atoms with Gasteiger partial charge in [-0.3, -0.25) is 0 Å². The Balaban J connectivity index is 2.95. The van der Waals surface area contributed by atoms with E-state index in [1.54, 1.807) is 7.11 Å². The zero-order chi connectivity index (χ0) is 12.8. The summed E-state index contributed by atoms with van der Waals surface area (Å²) >= 11 is 0. The van der Waals surface area contributed by atoms with E-state index in [1.807, 2.05) is 45.0 Å². The van der Waals surface area contributed by atoms with Crippen molar-refractivity contribution >= 4 is 0 Å². The lowest BCUT2D eigenvalue weighted by Gasteiger charge is -2.23. The van der Waals surface area contributed by atoms with E-state index in [1.165, 1.54) is 0 Å². The molecule has 0 fully saturated rings. The van der Waals surface area contributed by atoms with Gasteiger partial charge in [0.15, 0.2) is 0 Å². The Hall–Kier alpha value is -1.06. The molecule has 0 spiro atoms. The van der Waals surface area contributed by atoms with E-state index in [0.29, 0.717) is 0 Å². The van der Waals surface area contributed by atoms with Gasteiger partial charge in [-0.1, -0.05) is 25.1 Å². The van der Waals surface area contributed by atoms with Crippen LogP contribution in [0.15, 0.2) is 24.3 Å². The lowest BCUT2D eigenvalue weighted by Crippen LogP contribution is -2.21. The van der Waals surface area contributed by atoms with Crippen molar-refractivity contribution in [2.75, 3.05) is 7.11 Å². The lowest BCUT2D eigenvalue weighted by atomic mass is 10.0. The van der Waals surface area contributed by atoms with E-state index in [2.05, 4.69) is 0 Å². The molecule has 1 aromatic carbocycles. The van der Waals surface area contributed by atoms with Gasteiger partial charge >= 0.3 is 0 Å². The van der Waals surface area contributed by atoms with Crippen LogP contribution in [0.4, 0.5) is 0 Å². The maximum Gasteiger partial charge on any atom is 0.125 e. The van der Waals surface area contributed by atoms with Crippen LogP contribution in [0.1, 0.15) is 38.9 Å². The third-order valence-corrected chi connectivity index (χ3v) is 2.66. The van der Waals surface area contributed by atoms with E-state index in [0.717, 1.165) is 17.7 Å². The van der Waals surface area contributed by atoms with Crippen LogP contribution in [0.3, 0.4) is 0 Å². The van der Waals surface area contributed by atoms with Gasteiger partial charge in [0.25, 0.3) is 0 Å². The van der Waals surface area contributed by atoms with Crippen LogP contribution < -0.4 is 4.74 Å². The fourth-order valence-corrected chi connectivity index (χ4v) is 1.81. The highest BCUT2D eigenvalue weighted by Crippen LogP contribution is 2.29. The third kappa shape index (κ3) is 3.72.